The van der Waals surface area contributed by atoms with Gasteiger partial charge in [0.1, 0.15) is 0 Å². The summed E-state index contributed by atoms with van der Waals surface area (Å²) in [7, 11) is 2.37. The molecular formula is C5H9NO4. The summed E-state index contributed by atoms with van der Waals surface area (Å²) in [5.41, 5.74) is 0. The lowest BCUT2D eigenvalue weighted by molar-refractivity contribution is -0.162. The smallest absolute Gasteiger partial charge is 0.441 e. The number of hydrogen-bond donors (Lipinski definition) is 0. The summed E-state index contributed by atoms with van der Waals surface area (Å²) in [6.07, 6.45) is -0.824. The normalized spacial score (nSPS) is 8.70. The Hall–Kier alpha value is -1.10. The van der Waals surface area contributed by atoms with E-state index >= 15 is 0 Å². The average Bonchev–Trinajstić information content (AvgIpc) is 1.88. The van der Waals surface area contributed by atoms with Crippen molar-refractivity contribution >= 4 is 12.0 Å². The molecule has 5 nitrogen and oxygen atoms in total. The number of nitrogens with zero attached hydrogens (tertiary/aromatic N) is 1. The van der Waals surface area contributed by atoms with Gasteiger partial charge in [-0.3, -0.25) is 9.63 Å². The SMILES string of the molecule is COC(=O)N(OC)C(C)=O. The van der Waals surface area contributed by atoms with Crippen LogP contribution in [-0.2, 0) is 14.4 Å². The molecule has 0 heterocycles. The Bertz CT molecular complexity index is 145. The molecule has 0 aromatic carbocycles. The van der Waals surface area contributed by atoms with Gasteiger partial charge in [-0.15, -0.1) is 5.06 Å². The van der Waals surface area contributed by atoms with Crippen molar-refractivity contribution in [3.8, 4) is 0 Å². The molecule has 0 atom stereocenters. The van der Waals surface area contributed by atoms with E-state index in [-0.39, 0.29) is 0 Å². The summed E-state index contributed by atoms with van der Waals surface area (Å²) in [5, 5.41) is 0.514. The van der Waals surface area contributed by atoms with Crippen molar-refractivity contribution in [1.29, 1.82) is 0 Å². The van der Waals surface area contributed by atoms with Crippen LogP contribution in [0.2, 0.25) is 0 Å². The maximum atomic E-state index is 10.5. The Balaban J connectivity index is 4.06. The van der Waals surface area contributed by atoms with Gasteiger partial charge < -0.3 is 4.74 Å². The van der Waals surface area contributed by atoms with Crippen LogP contribution in [0.3, 0.4) is 0 Å². The van der Waals surface area contributed by atoms with Gasteiger partial charge >= 0.3 is 6.09 Å². The summed E-state index contributed by atoms with van der Waals surface area (Å²) in [6, 6.07) is 0. The van der Waals surface area contributed by atoms with Gasteiger partial charge in [-0.05, 0) is 0 Å². The molecule has 0 N–H and O–H groups in total. The largest absolute Gasteiger partial charge is 0.451 e. The Kier molecular flexibility index (Phi) is 3.42. The van der Waals surface area contributed by atoms with E-state index in [9.17, 15) is 9.59 Å². The first kappa shape index (κ1) is 8.90. The maximum Gasteiger partial charge on any atom is 0.441 e. The first-order valence-corrected chi connectivity index (χ1v) is 2.56. The highest BCUT2D eigenvalue weighted by Crippen LogP contribution is 1.92. The van der Waals surface area contributed by atoms with Crippen LogP contribution >= 0.6 is 0 Å². The number of carbonyl (C=O) groups is 2. The van der Waals surface area contributed by atoms with Gasteiger partial charge in [-0.1, -0.05) is 0 Å². The molecular weight excluding hydrogens is 138 g/mol. The molecule has 10 heavy (non-hydrogen) atoms. The third-order valence-corrected chi connectivity index (χ3v) is 0.809. The summed E-state index contributed by atoms with van der Waals surface area (Å²) in [4.78, 5) is 25.4. The third-order valence-electron chi connectivity index (χ3n) is 0.809. The molecule has 0 aliphatic carbocycles. The number of amides is 2. The molecule has 0 rings (SSSR count). The van der Waals surface area contributed by atoms with Crippen molar-refractivity contribution in [2.45, 2.75) is 6.92 Å². The predicted molar refractivity (Wildman–Crippen MR) is 31.9 cm³/mol. The zero-order valence-corrected chi connectivity index (χ0v) is 6.08. The number of hydroxylamine groups is 2. The summed E-state index contributed by atoms with van der Waals surface area (Å²) >= 11 is 0. The van der Waals surface area contributed by atoms with E-state index in [2.05, 4.69) is 9.57 Å². The second kappa shape index (κ2) is 3.84. The van der Waals surface area contributed by atoms with Crippen molar-refractivity contribution in [3.05, 3.63) is 0 Å². The van der Waals surface area contributed by atoms with Crippen molar-refractivity contribution in [3.63, 3.8) is 0 Å². The molecule has 2 amide bonds. The molecule has 5 heteroatoms. The molecule has 0 aromatic heterocycles. The summed E-state index contributed by atoms with van der Waals surface area (Å²) in [5.74, 6) is -0.519. The number of rotatable bonds is 1. The van der Waals surface area contributed by atoms with E-state index in [1.54, 1.807) is 0 Å². The van der Waals surface area contributed by atoms with Gasteiger partial charge in [-0.2, -0.15) is 0 Å². The van der Waals surface area contributed by atoms with Gasteiger partial charge in [0.25, 0.3) is 5.91 Å². The fourth-order valence-corrected chi connectivity index (χ4v) is 0.415. The van der Waals surface area contributed by atoms with E-state index in [1.807, 2.05) is 0 Å². The van der Waals surface area contributed by atoms with Crippen molar-refractivity contribution in [2.24, 2.45) is 0 Å². The van der Waals surface area contributed by atoms with Crippen LogP contribution in [0.5, 0.6) is 0 Å². The highest BCUT2D eigenvalue weighted by molar-refractivity contribution is 5.88. The monoisotopic (exact) mass is 147 g/mol. The molecule has 0 fully saturated rings. The second-order valence-corrected chi connectivity index (χ2v) is 1.47. The maximum absolute atomic E-state index is 10.5. The third kappa shape index (κ3) is 2.02. The highest BCUT2D eigenvalue weighted by atomic mass is 16.7. The van der Waals surface area contributed by atoms with Crippen LogP contribution in [0.4, 0.5) is 4.79 Å². The Morgan fingerprint density at radius 3 is 1.90 bits per heavy atom. The lowest BCUT2D eigenvalue weighted by Crippen LogP contribution is -2.33. The summed E-state index contributed by atoms with van der Waals surface area (Å²) < 4.78 is 4.21. The minimum atomic E-state index is -0.824. The number of carbonyl (C=O) groups excluding carboxylic acids is 2. The van der Waals surface area contributed by atoms with Crippen LogP contribution in [0, 0.1) is 0 Å². The molecule has 0 bridgehead atoms. The van der Waals surface area contributed by atoms with E-state index < -0.39 is 12.0 Å². The molecule has 0 saturated carbocycles. The standard InChI is InChI=1S/C5H9NO4/c1-4(7)6(10-3)5(8)9-2/h1-3H3. The minimum absolute atomic E-state index is 0.514. The molecule has 0 unspecified atom stereocenters. The number of ether oxygens (including phenoxy) is 1. The molecule has 58 valence electrons. The predicted octanol–water partition coefficient (Wildman–Crippen LogP) is 0.163. The molecule has 0 aliphatic rings. The second-order valence-electron chi connectivity index (χ2n) is 1.47. The topological polar surface area (TPSA) is 55.8 Å². The molecule has 0 radical (unpaired) electrons. The minimum Gasteiger partial charge on any atom is -0.451 e. The van der Waals surface area contributed by atoms with E-state index in [4.69, 9.17) is 0 Å². The molecule has 0 aromatic rings. The van der Waals surface area contributed by atoms with Gasteiger partial charge in [0.15, 0.2) is 0 Å². The quantitative estimate of drug-likeness (QED) is 0.496. The fourth-order valence-electron chi connectivity index (χ4n) is 0.415. The van der Waals surface area contributed by atoms with Gasteiger partial charge in [-0.25, -0.2) is 4.79 Å². The number of methoxy groups -OCH3 is 1. The average molecular weight is 147 g/mol. The van der Waals surface area contributed by atoms with Crippen LogP contribution in [0.15, 0.2) is 0 Å². The van der Waals surface area contributed by atoms with Crippen LogP contribution in [0.1, 0.15) is 6.92 Å². The first-order valence-electron chi connectivity index (χ1n) is 2.56. The van der Waals surface area contributed by atoms with Crippen LogP contribution in [-0.4, -0.2) is 31.3 Å². The number of hydrogen-bond acceptors (Lipinski definition) is 4. The van der Waals surface area contributed by atoms with Gasteiger partial charge in [0, 0.05) is 6.92 Å². The van der Waals surface area contributed by atoms with Gasteiger partial charge in [0.05, 0.1) is 14.2 Å². The number of imide groups is 1. The summed E-state index contributed by atoms with van der Waals surface area (Å²) in [6.45, 7) is 1.19. The van der Waals surface area contributed by atoms with Crippen molar-refractivity contribution in [1.82, 2.24) is 5.06 Å². The Morgan fingerprint density at radius 1 is 1.30 bits per heavy atom. The lowest BCUT2D eigenvalue weighted by atomic mass is 10.7. The Labute approximate surface area is 58.5 Å². The van der Waals surface area contributed by atoms with E-state index in [1.165, 1.54) is 14.0 Å². The van der Waals surface area contributed by atoms with Crippen LogP contribution in [0.25, 0.3) is 0 Å². The molecule has 0 spiro atoms. The van der Waals surface area contributed by atoms with E-state index in [0.29, 0.717) is 5.06 Å². The zero-order valence-electron chi connectivity index (χ0n) is 6.08. The molecule has 0 saturated heterocycles. The first-order chi connectivity index (χ1) is 4.63. The molecule has 0 aliphatic heterocycles. The van der Waals surface area contributed by atoms with Gasteiger partial charge in [0.2, 0.25) is 0 Å². The van der Waals surface area contributed by atoms with Crippen molar-refractivity contribution in [2.75, 3.05) is 14.2 Å². The highest BCUT2D eigenvalue weighted by Gasteiger charge is 2.17. The zero-order chi connectivity index (χ0) is 8.15. The van der Waals surface area contributed by atoms with Crippen LogP contribution < -0.4 is 0 Å². The fraction of sp³-hybridized carbons (Fsp3) is 0.600. The van der Waals surface area contributed by atoms with Crippen molar-refractivity contribution < 1.29 is 19.2 Å². The lowest BCUT2D eigenvalue weighted by Gasteiger charge is -2.12. The van der Waals surface area contributed by atoms with E-state index in [0.717, 1.165) is 7.11 Å². The Morgan fingerprint density at radius 2 is 1.80 bits per heavy atom.